The maximum Gasteiger partial charge on any atom is 0.0950 e. The maximum absolute atomic E-state index is 5.82. The number of imidazole rings is 1. The molecule has 2 N–H and O–H groups in total. The predicted octanol–water partition coefficient (Wildman–Crippen LogP) is 2.31. The van der Waals surface area contributed by atoms with Crippen molar-refractivity contribution in [3.05, 3.63) is 18.2 Å². The highest BCUT2D eigenvalue weighted by Gasteiger charge is 2.28. The Bertz CT molecular complexity index is 316. The third kappa shape index (κ3) is 1.93. The summed E-state index contributed by atoms with van der Waals surface area (Å²) in [6, 6.07) is 0.592. The molecule has 1 heterocycles. The van der Waals surface area contributed by atoms with Crippen LogP contribution in [0.15, 0.2) is 12.5 Å². The number of rotatable bonds is 3. The lowest BCUT2D eigenvalue weighted by atomic mass is 10.0. The van der Waals surface area contributed by atoms with Crippen LogP contribution in [0.5, 0.6) is 0 Å². The van der Waals surface area contributed by atoms with Crippen LogP contribution in [0.1, 0.15) is 50.8 Å². The van der Waals surface area contributed by atoms with E-state index in [1.54, 1.807) is 0 Å². The molecule has 84 valence electrons. The van der Waals surface area contributed by atoms with Gasteiger partial charge in [-0.3, -0.25) is 0 Å². The van der Waals surface area contributed by atoms with Crippen molar-refractivity contribution in [2.75, 3.05) is 6.54 Å². The SMILES string of the molecule is CC(C)c1cncn1C1CCCC1CN. The molecule has 1 saturated carbocycles. The number of hydrogen-bond acceptors (Lipinski definition) is 2. The second kappa shape index (κ2) is 4.35. The van der Waals surface area contributed by atoms with Gasteiger partial charge < -0.3 is 10.3 Å². The molecule has 0 aromatic carbocycles. The van der Waals surface area contributed by atoms with Crippen molar-refractivity contribution in [2.24, 2.45) is 11.7 Å². The molecule has 0 radical (unpaired) electrons. The van der Waals surface area contributed by atoms with Gasteiger partial charge in [0, 0.05) is 17.9 Å². The lowest BCUT2D eigenvalue weighted by Gasteiger charge is -2.23. The molecule has 1 aromatic rings. The van der Waals surface area contributed by atoms with Crippen LogP contribution >= 0.6 is 0 Å². The molecular formula is C12H21N3. The summed E-state index contributed by atoms with van der Waals surface area (Å²) in [7, 11) is 0. The summed E-state index contributed by atoms with van der Waals surface area (Å²) in [4.78, 5) is 4.28. The van der Waals surface area contributed by atoms with Gasteiger partial charge >= 0.3 is 0 Å². The van der Waals surface area contributed by atoms with Crippen LogP contribution in [0, 0.1) is 5.92 Å². The first-order valence-electron chi connectivity index (χ1n) is 5.95. The molecular weight excluding hydrogens is 186 g/mol. The first-order chi connectivity index (χ1) is 7.24. The van der Waals surface area contributed by atoms with Gasteiger partial charge in [-0.25, -0.2) is 4.98 Å². The monoisotopic (exact) mass is 207 g/mol. The predicted molar refractivity (Wildman–Crippen MR) is 61.7 cm³/mol. The summed E-state index contributed by atoms with van der Waals surface area (Å²) in [5, 5.41) is 0. The number of nitrogens with zero attached hydrogens (tertiary/aromatic N) is 2. The van der Waals surface area contributed by atoms with Crippen molar-refractivity contribution >= 4 is 0 Å². The van der Waals surface area contributed by atoms with Gasteiger partial charge in [0.25, 0.3) is 0 Å². The Morgan fingerprint density at radius 3 is 3.00 bits per heavy atom. The molecule has 15 heavy (non-hydrogen) atoms. The van der Waals surface area contributed by atoms with Crippen LogP contribution in [0.2, 0.25) is 0 Å². The van der Waals surface area contributed by atoms with Crippen molar-refractivity contribution in [3.8, 4) is 0 Å². The van der Waals surface area contributed by atoms with E-state index in [0.717, 1.165) is 6.54 Å². The largest absolute Gasteiger partial charge is 0.331 e. The van der Waals surface area contributed by atoms with Gasteiger partial charge in [-0.15, -0.1) is 0 Å². The molecule has 1 fully saturated rings. The van der Waals surface area contributed by atoms with E-state index in [0.29, 0.717) is 17.9 Å². The summed E-state index contributed by atoms with van der Waals surface area (Å²) in [6.45, 7) is 5.25. The second-order valence-electron chi connectivity index (χ2n) is 4.87. The molecule has 0 amide bonds. The van der Waals surface area contributed by atoms with Crippen LogP contribution in [0.25, 0.3) is 0 Å². The fourth-order valence-corrected chi connectivity index (χ4v) is 2.70. The zero-order valence-electron chi connectivity index (χ0n) is 9.69. The molecule has 3 nitrogen and oxygen atoms in total. The van der Waals surface area contributed by atoms with Gasteiger partial charge in [0.2, 0.25) is 0 Å². The average molecular weight is 207 g/mol. The van der Waals surface area contributed by atoms with Gasteiger partial charge in [0.15, 0.2) is 0 Å². The lowest BCUT2D eigenvalue weighted by molar-refractivity contribution is 0.375. The zero-order chi connectivity index (χ0) is 10.8. The van der Waals surface area contributed by atoms with Gasteiger partial charge in [-0.2, -0.15) is 0 Å². The summed E-state index contributed by atoms with van der Waals surface area (Å²) in [6.07, 6.45) is 7.82. The number of hydrogen-bond donors (Lipinski definition) is 1. The van der Waals surface area contributed by atoms with E-state index >= 15 is 0 Å². The highest BCUT2D eigenvalue weighted by molar-refractivity contribution is 5.06. The van der Waals surface area contributed by atoms with Gasteiger partial charge in [-0.1, -0.05) is 20.3 Å². The number of aromatic nitrogens is 2. The van der Waals surface area contributed by atoms with Gasteiger partial charge in [0.1, 0.15) is 0 Å². The molecule has 2 unspecified atom stereocenters. The lowest BCUT2D eigenvalue weighted by Crippen LogP contribution is -2.22. The molecule has 0 aliphatic heterocycles. The summed E-state index contributed by atoms with van der Waals surface area (Å²) in [5.41, 5.74) is 7.17. The molecule has 2 rings (SSSR count). The smallest absolute Gasteiger partial charge is 0.0950 e. The molecule has 1 aliphatic rings. The Labute approximate surface area is 91.7 Å². The van der Waals surface area contributed by atoms with E-state index in [4.69, 9.17) is 5.73 Å². The van der Waals surface area contributed by atoms with Crippen LogP contribution in [0.3, 0.4) is 0 Å². The third-order valence-electron chi connectivity index (χ3n) is 3.57. The summed E-state index contributed by atoms with van der Waals surface area (Å²) >= 11 is 0. The van der Waals surface area contributed by atoms with Crippen molar-refractivity contribution in [1.82, 2.24) is 9.55 Å². The Hall–Kier alpha value is -0.830. The Morgan fingerprint density at radius 2 is 2.33 bits per heavy atom. The van der Waals surface area contributed by atoms with Crippen molar-refractivity contribution < 1.29 is 0 Å². The van der Waals surface area contributed by atoms with Crippen LogP contribution in [-0.2, 0) is 0 Å². The normalized spacial score (nSPS) is 26.4. The maximum atomic E-state index is 5.82. The van der Waals surface area contributed by atoms with Gasteiger partial charge in [0.05, 0.1) is 6.33 Å². The third-order valence-corrected chi connectivity index (χ3v) is 3.57. The molecule has 1 aliphatic carbocycles. The quantitative estimate of drug-likeness (QED) is 0.826. The highest BCUT2D eigenvalue weighted by atomic mass is 15.1. The molecule has 0 saturated heterocycles. The molecule has 1 aromatic heterocycles. The van der Waals surface area contributed by atoms with Crippen LogP contribution in [-0.4, -0.2) is 16.1 Å². The van der Waals surface area contributed by atoms with Crippen molar-refractivity contribution in [1.29, 1.82) is 0 Å². The van der Waals surface area contributed by atoms with Gasteiger partial charge in [-0.05, 0) is 31.2 Å². The van der Waals surface area contributed by atoms with Crippen LogP contribution in [0.4, 0.5) is 0 Å². The van der Waals surface area contributed by atoms with E-state index in [9.17, 15) is 0 Å². The fourth-order valence-electron chi connectivity index (χ4n) is 2.70. The van der Waals surface area contributed by atoms with E-state index in [-0.39, 0.29) is 0 Å². The number of nitrogens with two attached hydrogens (primary N) is 1. The Kier molecular flexibility index (Phi) is 3.10. The first-order valence-corrected chi connectivity index (χ1v) is 5.95. The molecule has 2 atom stereocenters. The minimum atomic E-state index is 0.548. The van der Waals surface area contributed by atoms with E-state index in [1.807, 2.05) is 12.5 Å². The zero-order valence-corrected chi connectivity index (χ0v) is 9.69. The molecule has 0 spiro atoms. The van der Waals surface area contributed by atoms with Crippen LogP contribution < -0.4 is 5.73 Å². The average Bonchev–Trinajstić information content (AvgIpc) is 2.85. The van der Waals surface area contributed by atoms with E-state index < -0.39 is 0 Å². The fraction of sp³-hybridized carbons (Fsp3) is 0.750. The summed E-state index contributed by atoms with van der Waals surface area (Å²) < 4.78 is 2.36. The minimum Gasteiger partial charge on any atom is -0.331 e. The Morgan fingerprint density at radius 1 is 1.53 bits per heavy atom. The second-order valence-corrected chi connectivity index (χ2v) is 4.87. The Balaban J connectivity index is 2.24. The van der Waals surface area contributed by atoms with E-state index in [2.05, 4.69) is 23.4 Å². The van der Waals surface area contributed by atoms with E-state index in [1.165, 1.54) is 25.0 Å². The molecule has 3 heteroatoms. The minimum absolute atomic E-state index is 0.548. The topological polar surface area (TPSA) is 43.8 Å². The molecule has 0 bridgehead atoms. The van der Waals surface area contributed by atoms with Crippen molar-refractivity contribution in [3.63, 3.8) is 0 Å². The highest BCUT2D eigenvalue weighted by Crippen LogP contribution is 2.36. The standard InChI is InChI=1S/C12H21N3/c1-9(2)12-7-14-8-15(12)11-5-3-4-10(11)6-13/h7-11H,3-6,13H2,1-2H3. The summed E-state index contributed by atoms with van der Waals surface area (Å²) in [5.74, 6) is 1.20. The first kappa shape index (κ1) is 10.7. The van der Waals surface area contributed by atoms with Crippen molar-refractivity contribution in [2.45, 2.75) is 45.1 Å².